The summed E-state index contributed by atoms with van der Waals surface area (Å²) in [6, 6.07) is 4.37. The molecule has 0 aromatic heterocycles. The van der Waals surface area contributed by atoms with Crippen LogP contribution < -0.4 is 10.2 Å². The summed E-state index contributed by atoms with van der Waals surface area (Å²) in [5.41, 5.74) is 5.24. The summed E-state index contributed by atoms with van der Waals surface area (Å²) in [6.07, 6.45) is 4.71. The van der Waals surface area contributed by atoms with Gasteiger partial charge in [0.05, 0.1) is 0 Å². The van der Waals surface area contributed by atoms with Gasteiger partial charge >= 0.3 is 6.03 Å². The summed E-state index contributed by atoms with van der Waals surface area (Å²) >= 11 is 0. The van der Waals surface area contributed by atoms with Crippen LogP contribution in [-0.2, 0) is 12.8 Å². The monoisotopic (exact) mass is 287 g/mol. The lowest BCUT2D eigenvalue weighted by atomic mass is 9.91. The maximum absolute atomic E-state index is 12.2. The highest BCUT2D eigenvalue weighted by atomic mass is 16.2. The van der Waals surface area contributed by atoms with Crippen LogP contribution in [0.2, 0.25) is 0 Å². The van der Waals surface area contributed by atoms with E-state index in [1.165, 1.54) is 42.7 Å². The van der Waals surface area contributed by atoms with Crippen molar-refractivity contribution < 1.29 is 4.79 Å². The Bertz CT molecular complexity index is 506. The van der Waals surface area contributed by atoms with Gasteiger partial charge in [0.2, 0.25) is 0 Å². The van der Waals surface area contributed by atoms with Gasteiger partial charge in [-0.05, 0) is 62.8 Å². The fourth-order valence-corrected chi connectivity index (χ4v) is 3.59. The van der Waals surface area contributed by atoms with Crippen LogP contribution in [0.4, 0.5) is 16.2 Å². The average Bonchev–Trinajstić information content (AvgIpc) is 2.49. The highest BCUT2D eigenvalue weighted by Crippen LogP contribution is 2.37. The molecule has 2 heterocycles. The van der Waals surface area contributed by atoms with Crippen molar-refractivity contribution in [2.75, 3.05) is 36.4 Å². The van der Waals surface area contributed by atoms with Crippen LogP contribution in [0.1, 0.15) is 37.8 Å². The van der Waals surface area contributed by atoms with E-state index in [-0.39, 0.29) is 6.03 Å². The van der Waals surface area contributed by atoms with Crippen molar-refractivity contribution in [2.24, 2.45) is 0 Å². The molecule has 2 aliphatic rings. The standard InChI is InChI=1S/C17H25N3O/c1-3-19(4-2)17(21)18-15-11-13-7-5-9-20-10-6-8-14(12-15)16(13)20/h11-12H,3-10H2,1-2H3,(H,18,21). The largest absolute Gasteiger partial charge is 0.371 e. The van der Waals surface area contributed by atoms with Gasteiger partial charge in [0.1, 0.15) is 0 Å². The molecule has 1 aromatic carbocycles. The number of urea groups is 1. The second-order valence-electron chi connectivity index (χ2n) is 5.94. The molecular weight excluding hydrogens is 262 g/mol. The summed E-state index contributed by atoms with van der Waals surface area (Å²) in [5.74, 6) is 0. The second kappa shape index (κ2) is 5.96. The predicted octanol–water partition coefficient (Wildman–Crippen LogP) is 3.26. The number of hydrogen-bond acceptors (Lipinski definition) is 2. The van der Waals surface area contributed by atoms with Crippen LogP contribution in [0.3, 0.4) is 0 Å². The van der Waals surface area contributed by atoms with Crippen molar-refractivity contribution >= 4 is 17.4 Å². The fraction of sp³-hybridized carbons (Fsp3) is 0.588. The first-order valence-corrected chi connectivity index (χ1v) is 8.19. The van der Waals surface area contributed by atoms with Crippen molar-refractivity contribution in [3.05, 3.63) is 23.3 Å². The van der Waals surface area contributed by atoms with Gasteiger partial charge in [0.25, 0.3) is 0 Å². The maximum atomic E-state index is 12.2. The molecule has 1 aromatic rings. The predicted molar refractivity (Wildman–Crippen MR) is 87.2 cm³/mol. The van der Waals surface area contributed by atoms with E-state index in [2.05, 4.69) is 22.3 Å². The molecule has 0 atom stereocenters. The Hall–Kier alpha value is -1.71. The molecule has 3 rings (SSSR count). The van der Waals surface area contributed by atoms with Gasteiger partial charge in [0.15, 0.2) is 0 Å². The molecule has 0 unspecified atom stereocenters. The minimum absolute atomic E-state index is 0.00984. The SMILES string of the molecule is CCN(CC)C(=O)Nc1cc2c3c(c1)CCCN3CCC2. The molecule has 2 amide bonds. The molecule has 0 saturated heterocycles. The van der Waals surface area contributed by atoms with E-state index in [0.29, 0.717) is 0 Å². The minimum Gasteiger partial charge on any atom is -0.371 e. The van der Waals surface area contributed by atoms with Gasteiger partial charge < -0.3 is 15.1 Å². The number of rotatable bonds is 3. The van der Waals surface area contributed by atoms with E-state index in [9.17, 15) is 4.79 Å². The van der Waals surface area contributed by atoms with Gasteiger partial charge in [-0.25, -0.2) is 4.79 Å². The molecule has 0 fully saturated rings. The second-order valence-corrected chi connectivity index (χ2v) is 5.94. The molecule has 0 aliphatic carbocycles. The van der Waals surface area contributed by atoms with E-state index in [0.717, 1.165) is 31.6 Å². The number of nitrogens with zero attached hydrogens (tertiary/aromatic N) is 2. The molecule has 4 nitrogen and oxygen atoms in total. The fourth-order valence-electron chi connectivity index (χ4n) is 3.59. The maximum Gasteiger partial charge on any atom is 0.321 e. The zero-order valence-corrected chi connectivity index (χ0v) is 13.1. The highest BCUT2D eigenvalue weighted by Gasteiger charge is 2.24. The number of amides is 2. The highest BCUT2D eigenvalue weighted by molar-refractivity contribution is 5.90. The van der Waals surface area contributed by atoms with Gasteiger partial charge in [-0.15, -0.1) is 0 Å². The molecule has 0 radical (unpaired) electrons. The normalized spacial score (nSPS) is 16.4. The van der Waals surface area contributed by atoms with Crippen molar-refractivity contribution in [2.45, 2.75) is 39.5 Å². The van der Waals surface area contributed by atoms with Crippen molar-refractivity contribution in [3.63, 3.8) is 0 Å². The average molecular weight is 287 g/mol. The van der Waals surface area contributed by atoms with Crippen molar-refractivity contribution in [3.8, 4) is 0 Å². The first-order chi connectivity index (χ1) is 10.2. The summed E-state index contributed by atoms with van der Waals surface area (Å²) < 4.78 is 0. The Morgan fingerprint density at radius 2 is 1.71 bits per heavy atom. The summed E-state index contributed by atoms with van der Waals surface area (Å²) in [4.78, 5) is 16.6. The van der Waals surface area contributed by atoms with Gasteiger partial charge in [0, 0.05) is 37.6 Å². The number of aryl methyl sites for hydroxylation is 2. The lowest BCUT2D eigenvalue weighted by Crippen LogP contribution is -2.36. The van der Waals surface area contributed by atoms with Crippen LogP contribution in [0.25, 0.3) is 0 Å². The summed E-state index contributed by atoms with van der Waals surface area (Å²) in [7, 11) is 0. The zero-order chi connectivity index (χ0) is 14.8. The molecule has 0 bridgehead atoms. The van der Waals surface area contributed by atoms with E-state index in [1.54, 1.807) is 0 Å². The van der Waals surface area contributed by atoms with Crippen LogP contribution >= 0.6 is 0 Å². The van der Waals surface area contributed by atoms with E-state index in [1.807, 2.05) is 18.7 Å². The van der Waals surface area contributed by atoms with Crippen LogP contribution in [0, 0.1) is 0 Å². The third-order valence-corrected chi connectivity index (χ3v) is 4.63. The number of carbonyl (C=O) groups excluding carboxylic acids is 1. The minimum atomic E-state index is 0.00984. The number of nitrogens with one attached hydrogen (secondary N) is 1. The lowest BCUT2D eigenvalue weighted by molar-refractivity contribution is 0.217. The van der Waals surface area contributed by atoms with Crippen LogP contribution in [0.5, 0.6) is 0 Å². The van der Waals surface area contributed by atoms with Crippen LogP contribution in [0.15, 0.2) is 12.1 Å². The number of anilines is 2. The zero-order valence-electron chi connectivity index (χ0n) is 13.1. The molecule has 114 valence electrons. The third-order valence-electron chi connectivity index (χ3n) is 4.63. The Balaban J connectivity index is 1.86. The number of benzene rings is 1. The van der Waals surface area contributed by atoms with E-state index < -0.39 is 0 Å². The van der Waals surface area contributed by atoms with E-state index in [4.69, 9.17) is 0 Å². The Labute approximate surface area is 127 Å². The lowest BCUT2D eigenvalue weighted by Gasteiger charge is -2.37. The molecule has 0 saturated carbocycles. The molecule has 0 spiro atoms. The topological polar surface area (TPSA) is 35.6 Å². The summed E-state index contributed by atoms with van der Waals surface area (Å²) in [6.45, 7) is 7.88. The first kappa shape index (κ1) is 14.2. The van der Waals surface area contributed by atoms with Crippen molar-refractivity contribution in [1.82, 2.24) is 4.90 Å². The van der Waals surface area contributed by atoms with Crippen molar-refractivity contribution in [1.29, 1.82) is 0 Å². The first-order valence-electron chi connectivity index (χ1n) is 8.19. The number of carbonyl (C=O) groups is 1. The molecular formula is C17H25N3O. The summed E-state index contributed by atoms with van der Waals surface area (Å²) in [5, 5.41) is 3.08. The third kappa shape index (κ3) is 2.71. The molecule has 2 aliphatic heterocycles. The van der Waals surface area contributed by atoms with Gasteiger partial charge in [-0.1, -0.05) is 0 Å². The molecule has 1 N–H and O–H groups in total. The van der Waals surface area contributed by atoms with Gasteiger partial charge in [-0.2, -0.15) is 0 Å². The Morgan fingerprint density at radius 3 is 2.24 bits per heavy atom. The molecule has 21 heavy (non-hydrogen) atoms. The smallest absolute Gasteiger partial charge is 0.321 e. The van der Waals surface area contributed by atoms with Crippen LogP contribution in [-0.4, -0.2) is 37.1 Å². The number of hydrogen-bond donors (Lipinski definition) is 1. The van der Waals surface area contributed by atoms with E-state index >= 15 is 0 Å². The Morgan fingerprint density at radius 1 is 1.14 bits per heavy atom. The van der Waals surface area contributed by atoms with Gasteiger partial charge in [-0.3, -0.25) is 0 Å². The molecule has 4 heteroatoms. The Kier molecular flexibility index (Phi) is 4.04. The quantitative estimate of drug-likeness (QED) is 0.926.